The second kappa shape index (κ2) is 5.93. The highest BCUT2D eigenvalue weighted by atomic mass is 32.2. The summed E-state index contributed by atoms with van der Waals surface area (Å²) in [6.45, 7) is 3.57. The maximum atomic E-state index is 12.9. The zero-order chi connectivity index (χ0) is 14.8. The average Bonchev–Trinajstić information content (AvgIpc) is 2.71. The van der Waals surface area contributed by atoms with Gasteiger partial charge < -0.3 is 9.67 Å². The molecule has 0 saturated carbocycles. The van der Waals surface area contributed by atoms with Gasteiger partial charge in [-0.2, -0.15) is 0 Å². The van der Waals surface area contributed by atoms with Crippen LogP contribution in [0.4, 0.5) is 4.39 Å². The Kier molecular flexibility index (Phi) is 4.45. The largest absolute Gasteiger partial charge is 0.390 e. The van der Waals surface area contributed by atoms with Crippen LogP contribution in [0.3, 0.4) is 0 Å². The molecule has 0 amide bonds. The van der Waals surface area contributed by atoms with Crippen LogP contribution in [-0.2, 0) is 7.05 Å². The van der Waals surface area contributed by atoms with Gasteiger partial charge in [-0.25, -0.2) is 4.39 Å². The molecule has 1 N–H and O–H groups in total. The number of hydrogen-bond acceptors (Lipinski definition) is 4. The van der Waals surface area contributed by atoms with Gasteiger partial charge in [-0.15, -0.1) is 10.2 Å². The fourth-order valence-corrected chi connectivity index (χ4v) is 2.85. The van der Waals surface area contributed by atoms with E-state index in [4.69, 9.17) is 0 Å². The zero-order valence-corrected chi connectivity index (χ0v) is 12.6. The van der Waals surface area contributed by atoms with E-state index in [0.29, 0.717) is 12.2 Å². The smallest absolute Gasteiger partial charge is 0.191 e. The SMILES string of the molecule is Cn1c(SCCC(C)(C)O)nnc1-c1ccc(F)cc1. The van der Waals surface area contributed by atoms with Crippen molar-refractivity contribution >= 4 is 11.8 Å². The van der Waals surface area contributed by atoms with Gasteiger partial charge in [-0.05, 0) is 44.5 Å². The maximum Gasteiger partial charge on any atom is 0.191 e. The number of benzene rings is 1. The van der Waals surface area contributed by atoms with Crippen molar-refractivity contribution < 1.29 is 9.50 Å². The molecule has 0 aliphatic heterocycles. The first-order valence-electron chi connectivity index (χ1n) is 6.37. The molecule has 0 bridgehead atoms. The van der Waals surface area contributed by atoms with Crippen LogP contribution in [0.1, 0.15) is 20.3 Å². The minimum absolute atomic E-state index is 0.268. The number of rotatable bonds is 5. The zero-order valence-electron chi connectivity index (χ0n) is 11.8. The Bertz CT molecular complexity index is 575. The summed E-state index contributed by atoms with van der Waals surface area (Å²) in [4.78, 5) is 0. The summed E-state index contributed by atoms with van der Waals surface area (Å²) in [7, 11) is 1.88. The Morgan fingerprint density at radius 2 is 1.90 bits per heavy atom. The molecule has 1 aromatic carbocycles. The summed E-state index contributed by atoms with van der Waals surface area (Å²) in [5.41, 5.74) is 0.154. The van der Waals surface area contributed by atoms with E-state index in [2.05, 4.69) is 10.2 Å². The van der Waals surface area contributed by atoms with Crippen LogP contribution in [0.2, 0.25) is 0 Å². The van der Waals surface area contributed by atoms with E-state index in [1.54, 1.807) is 37.7 Å². The molecule has 0 saturated heterocycles. The second-order valence-electron chi connectivity index (χ2n) is 5.28. The minimum Gasteiger partial charge on any atom is -0.390 e. The van der Waals surface area contributed by atoms with E-state index in [-0.39, 0.29) is 5.82 Å². The predicted octanol–water partition coefficient (Wildman–Crippen LogP) is 2.87. The molecule has 4 nitrogen and oxygen atoms in total. The summed E-state index contributed by atoms with van der Waals surface area (Å²) in [6.07, 6.45) is 0.677. The van der Waals surface area contributed by atoms with Gasteiger partial charge in [-0.1, -0.05) is 11.8 Å². The van der Waals surface area contributed by atoms with Crippen LogP contribution in [-0.4, -0.2) is 31.2 Å². The molecule has 108 valence electrons. The second-order valence-corrected chi connectivity index (χ2v) is 6.35. The Labute approximate surface area is 122 Å². The van der Waals surface area contributed by atoms with Crippen LogP contribution in [0.25, 0.3) is 11.4 Å². The van der Waals surface area contributed by atoms with Crippen molar-refractivity contribution in [2.75, 3.05) is 5.75 Å². The van der Waals surface area contributed by atoms with Gasteiger partial charge in [-0.3, -0.25) is 0 Å². The molecule has 0 aliphatic rings. The van der Waals surface area contributed by atoms with Gasteiger partial charge in [0.25, 0.3) is 0 Å². The van der Waals surface area contributed by atoms with Gasteiger partial charge in [0.15, 0.2) is 11.0 Å². The highest BCUT2D eigenvalue weighted by Crippen LogP contribution is 2.24. The normalized spacial score (nSPS) is 11.8. The third-order valence-corrected chi connectivity index (χ3v) is 3.90. The van der Waals surface area contributed by atoms with Crippen molar-refractivity contribution in [2.24, 2.45) is 7.05 Å². The summed E-state index contributed by atoms with van der Waals surface area (Å²) in [5, 5.41) is 18.7. The average molecular weight is 295 g/mol. The molecule has 0 atom stereocenters. The third-order valence-electron chi connectivity index (χ3n) is 2.88. The van der Waals surface area contributed by atoms with Gasteiger partial charge in [0.05, 0.1) is 5.60 Å². The molecular weight excluding hydrogens is 277 g/mol. The van der Waals surface area contributed by atoms with Gasteiger partial charge >= 0.3 is 0 Å². The molecule has 1 aromatic heterocycles. The topological polar surface area (TPSA) is 50.9 Å². The lowest BCUT2D eigenvalue weighted by Gasteiger charge is -2.15. The number of halogens is 1. The summed E-state index contributed by atoms with van der Waals surface area (Å²) < 4.78 is 14.8. The first kappa shape index (κ1) is 15.0. The highest BCUT2D eigenvalue weighted by molar-refractivity contribution is 7.99. The van der Waals surface area contributed by atoms with Gasteiger partial charge in [0.2, 0.25) is 0 Å². The summed E-state index contributed by atoms with van der Waals surface area (Å²) >= 11 is 1.55. The molecule has 0 aliphatic carbocycles. The van der Waals surface area contributed by atoms with Crippen LogP contribution >= 0.6 is 11.8 Å². The fraction of sp³-hybridized carbons (Fsp3) is 0.429. The first-order valence-corrected chi connectivity index (χ1v) is 7.36. The summed E-state index contributed by atoms with van der Waals surface area (Å²) in [6, 6.07) is 6.19. The van der Waals surface area contributed by atoms with Crippen molar-refractivity contribution in [3.63, 3.8) is 0 Å². The Morgan fingerprint density at radius 3 is 2.50 bits per heavy atom. The molecule has 20 heavy (non-hydrogen) atoms. The van der Waals surface area contributed by atoms with E-state index in [1.807, 2.05) is 11.6 Å². The number of nitrogens with zero attached hydrogens (tertiary/aromatic N) is 3. The van der Waals surface area contributed by atoms with Crippen LogP contribution in [0.15, 0.2) is 29.4 Å². The van der Waals surface area contributed by atoms with E-state index < -0.39 is 5.60 Å². The van der Waals surface area contributed by atoms with Crippen molar-refractivity contribution in [3.8, 4) is 11.4 Å². The predicted molar refractivity (Wildman–Crippen MR) is 78.0 cm³/mol. The Balaban J connectivity index is 2.09. The van der Waals surface area contributed by atoms with Crippen molar-refractivity contribution in [2.45, 2.75) is 31.0 Å². The van der Waals surface area contributed by atoms with Crippen LogP contribution < -0.4 is 0 Å². The maximum absolute atomic E-state index is 12.9. The lowest BCUT2D eigenvalue weighted by Crippen LogP contribution is -2.19. The molecule has 0 spiro atoms. The summed E-state index contributed by atoms with van der Waals surface area (Å²) in [5.74, 6) is 1.20. The number of hydrogen-bond donors (Lipinski definition) is 1. The molecule has 2 aromatic rings. The number of aromatic nitrogens is 3. The third kappa shape index (κ3) is 3.80. The Morgan fingerprint density at radius 1 is 1.25 bits per heavy atom. The standard InChI is InChI=1S/C14H18FN3OS/c1-14(2,19)8-9-20-13-17-16-12(18(13)3)10-4-6-11(15)7-5-10/h4-7,19H,8-9H2,1-3H3. The van der Waals surface area contributed by atoms with Crippen LogP contribution in [0, 0.1) is 5.82 Å². The Hall–Kier alpha value is -1.40. The molecule has 0 unspecified atom stereocenters. The van der Waals surface area contributed by atoms with Gasteiger partial charge in [0.1, 0.15) is 5.82 Å². The number of thioether (sulfide) groups is 1. The number of aliphatic hydroxyl groups is 1. The van der Waals surface area contributed by atoms with E-state index in [0.717, 1.165) is 16.5 Å². The molecule has 0 radical (unpaired) electrons. The molecule has 2 rings (SSSR count). The van der Waals surface area contributed by atoms with Gasteiger partial charge in [0, 0.05) is 18.4 Å². The quantitative estimate of drug-likeness (QED) is 0.862. The van der Waals surface area contributed by atoms with Crippen molar-refractivity contribution in [1.29, 1.82) is 0 Å². The van der Waals surface area contributed by atoms with E-state index in [9.17, 15) is 9.50 Å². The van der Waals surface area contributed by atoms with Crippen molar-refractivity contribution in [1.82, 2.24) is 14.8 Å². The van der Waals surface area contributed by atoms with E-state index in [1.165, 1.54) is 12.1 Å². The molecule has 1 heterocycles. The van der Waals surface area contributed by atoms with Crippen molar-refractivity contribution in [3.05, 3.63) is 30.1 Å². The molecule has 6 heteroatoms. The van der Waals surface area contributed by atoms with Crippen LogP contribution in [0.5, 0.6) is 0 Å². The lowest BCUT2D eigenvalue weighted by atomic mass is 10.1. The monoisotopic (exact) mass is 295 g/mol. The van der Waals surface area contributed by atoms with E-state index >= 15 is 0 Å². The fourth-order valence-electron chi connectivity index (χ4n) is 1.68. The molecular formula is C14H18FN3OS. The first-order chi connectivity index (χ1) is 9.37. The minimum atomic E-state index is -0.675. The lowest BCUT2D eigenvalue weighted by molar-refractivity contribution is 0.0777. The molecule has 0 fully saturated rings. The highest BCUT2D eigenvalue weighted by Gasteiger charge is 2.15.